The molecule has 0 radical (unpaired) electrons. The van der Waals surface area contributed by atoms with Crippen LogP contribution in [0.3, 0.4) is 0 Å². The molecule has 0 bridgehead atoms. The maximum Gasteiger partial charge on any atom is 0.283 e. The standard InChI is InChI=1S/C11H16BrN3O3/c1-18-8-4-7(5-8)14-9-6-13-15(2-3-16)11(17)10(9)12/h6-8,14,16H,2-5H2,1H3. The average molecular weight is 318 g/mol. The van der Waals surface area contributed by atoms with Gasteiger partial charge in [0.25, 0.3) is 5.56 Å². The molecule has 0 aromatic carbocycles. The maximum absolute atomic E-state index is 11.9. The molecule has 0 amide bonds. The highest BCUT2D eigenvalue weighted by atomic mass is 79.9. The first kappa shape index (κ1) is 13.5. The summed E-state index contributed by atoms with van der Waals surface area (Å²) < 4.78 is 6.88. The fraction of sp³-hybridized carbons (Fsp3) is 0.636. The first-order valence-electron chi connectivity index (χ1n) is 5.81. The van der Waals surface area contributed by atoms with Gasteiger partial charge in [0.05, 0.1) is 31.1 Å². The van der Waals surface area contributed by atoms with E-state index in [0.717, 1.165) is 12.8 Å². The van der Waals surface area contributed by atoms with Crippen molar-refractivity contribution < 1.29 is 9.84 Å². The van der Waals surface area contributed by atoms with E-state index in [1.54, 1.807) is 13.3 Å². The summed E-state index contributed by atoms with van der Waals surface area (Å²) in [5.74, 6) is 0. The Morgan fingerprint density at radius 2 is 2.39 bits per heavy atom. The molecule has 18 heavy (non-hydrogen) atoms. The Kier molecular flexibility index (Phi) is 4.36. The SMILES string of the molecule is COC1CC(Nc2cnn(CCO)c(=O)c2Br)C1. The summed E-state index contributed by atoms with van der Waals surface area (Å²) in [5, 5.41) is 16.1. The quantitative estimate of drug-likeness (QED) is 0.831. The van der Waals surface area contributed by atoms with E-state index in [2.05, 4.69) is 26.3 Å². The number of rotatable bonds is 5. The van der Waals surface area contributed by atoms with E-state index >= 15 is 0 Å². The van der Waals surface area contributed by atoms with Crippen molar-refractivity contribution in [1.82, 2.24) is 9.78 Å². The minimum Gasteiger partial charge on any atom is -0.394 e. The molecular formula is C11H16BrN3O3. The van der Waals surface area contributed by atoms with Crippen LogP contribution < -0.4 is 10.9 Å². The van der Waals surface area contributed by atoms with Crippen LogP contribution in [0.2, 0.25) is 0 Å². The van der Waals surface area contributed by atoms with Gasteiger partial charge in [0.2, 0.25) is 0 Å². The molecular weight excluding hydrogens is 302 g/mol. The van der Waals surface area contributed by atoms with Crippen LogP contribution in [0.4, 0.5) is 5.69 Å². The lowest BCUT2D eigenvalue weighted by Crippen LogP contribution is -2.40. The van der Waals surface area contributed by atoms with Gasteiger partial charge in [-0.2, -0.15) is 5.10 Å². The molecule has 2 N–H and O–H groups in total. The lowest BCUT2D eigenvalue weighted by Gasteiger charge is -2.35. The third-order valence-electron chi connectivity index (χ3n) is 3.08. The van der Waals surface area contributed by atoms with Crippen molar-refractivity contribution in [3.63, 3.8) is 0 Å². The van der Waals surface area contributed by atoms with Gasteiger partial charge in [0.1, 0.15) is 4.47 Å². The van der Waals surface area contributed by atoms with E-state index in [0.29, 0.717) is 22.3 Å². The van der Waals surface area contributed by atoms with Gasteiger partial charge >= 0.3 is 0 Å². The fourth-order valence-electron chi connectivity index (χ4n) is 1.92. The number of anilines is 1. The summed E-state index contributed by atoms with van der Waals surface area (Å²) in [4.78, 5) is 11.9. The predicted octanol–water partition coefficient (Wildman–Crippen LogP) is 0.587. The second-order valence-electron chi connectivity index (χ2n) is 4.29. The molecule has 100 valence electrons. The molecule has 1 fully saturated rings. The molecule has 1 aromatic rings. The van der Waals surface area contributed by atoms with Gasteiger partial charge in [-0.1, -0.05) is 0 Å². The molecule has 7 heteroatoms. The van der Waals surface area contributed by atoms with Crippen LogP contribution in [-0.4, -0.2) is 40.7 Å². The third-order valence-corrected chi connectivity index (χ3v) is 3.85. The Labute approximate surface area is 113 Å². The number of methoxy groups -OCH3 is 1. The van der Waals surface area contributed by atoms with Crippen LogP contribution in [0.1, 0.15) is 12.8 Å². The number of halogens is 1. The zero-order valence-electron chi connectivity index (χ0n) is 10.1. The number of nitrogens with zero attached hydrogens (tertiary/aromatic N) is 2. The first-order chi connectivity index (χ1) is 8.65. The topological polar surface area (TPSA) is 76.4 Å². The largest absolute Gasteiger partial charge is 0.394 e. The smallest absolute Gasteiger partial charge is 0.283 e. The van der Waals surface area contributed by atoms with Gasteiger partial charge in [-0.3, -0.25) is 4.79 Å². The van der Waals surface area contributed by atoms with Crippen LogP contribution in [0.5, 0.6) is 0 Å². The minimum atomic E-state index is -0.239. The molecule has 2 rings (SSSR count). The molecule has 0 aliphatic heterocycles. The summed E-state index contributed by atoms with van der Waals surface area (Å²) >= 11 is 3.27. The van der Waals surface area contributed by atoms with Crippen molar-refractivity contribution in [3.8, 4) is 0 Å². The molecule has 0 spiro atoms. The third kappa shape index (κ3) is 2.73. The summed E-state index contributed by atoms with van der Waals surface area (Å²) in [5.41, 5.74) is 0.449. The first-order valence-corrected chi connectivity index (χ1v) is 6.60. The normalized spacial score (nSPS) is 22.6. The summed E-state index contributed by atoms with van der Waals surface area (Å²) in [7, 11) is 1.70. The van der Waals surface area contributed by atoms with Crippen molar-refractivity contribution in [1.29, 1.82) is 0 Å². The molecule has 6 nitrogen and oxygen atoms in total. The fourth-order valence-corrected chi connectivity index (χ4v) is 2.34. The van der Waals surface area contributed by atoms with E-state index in [-0.39, 0.29) is 18.7 Å². The van der Waals surface area contributed by atoms with Crippen LogP contribution in [0, 0.1) is 0 Å². The van der Waals surface area contributed by atoms with E-state index in [4.69, 9.17) is 9.84 Å². The van der Waals surface area contributed by atoms with E-state index < -0.39 is 0 Å². The van der Waals surface area contributed by atoms with Crippen LogP contribution >= 0.6 is 15.9 Å². The van der Waals surface area contributed by atoms with Gasteiger partial charge in [-0.15, -0.1) is 0 Å². The second kappa shape index (κ2) is 5.81. The lowest BCUT2D eigenvalue weighted by atomic mass is 9.89. The zero-order chi connectivity index (χ0) is 13.1. The molecule has 0 unspecified atom stereocenters. The highest BCUT2D eigenvalue weighted by Gasteiger charge is 2.29. The Bertz CT molecular complexity index is 471. The molecule has 1 aliphatic carbocycles. The maximum atomic E-state index is 11.9. The molecule has 1 heterocycles. The Morgan fingerprint density at radius 3 is 3.00 bits per heavy atom. The second-order valence-corrected chi connectivity index (χ2v) is 5.09. The van der Waals surface area contributed by atoms with Gasteiger partial charge in [0, 0.05) is 13.2 Å². The van der Waals surface area contributed by atoms with Crippen molar-refractivity contribution in [2.45, 2.75) is 31.5 Å². The highest BCUT2D eigenvalue weighted by molar-refractivity contribution is 9.10. The Hall–Kier alpha value is -0.920. The number of aliphatic hydroxyl groups excluding tert-OH is 1. The Balaban J connectivity index is 2.06. The number of aromatic nitrogens is 2. The van der Waals surface area contributed by atoms with Crippen molar-refractivity contribution in [3.05, 3.63) is 21.0 Å². The van der Waals surface area contributed by atoms with Crippen molar-refractivity contribution >= 4 is 21.6 Å². The number of nitrogens with one attached hydrogen (secondary N) is 1. The molecule has 1 saturated carbocycles. The van der Waals surface area contributed by atoms with Gasteiger partial charge in [-0.05, 0) is 28.8 Å². The lowest BCUT2D eigenvalue weighted by molar-refractivity contribution is 0.0328. The zero-order valence-corrected chi connectivity index (χ0v) is 11.7. The van der Waals surface area contributed by atoms with E-state index in [1.165, 1.54) is 4.68 Å². The molecule has 0 saturated heterocycles. The van der Waals surface area contributed by atoms with E-state index in [9.17, 15) is 4.79 Å². The molecule has 1 aromatic heterocycles. The number of aliphatic hydroxyl groups is 1. The van der Waals surface area contributed by atoms with E-state index in [1.807, 2.05) is 0 Å². The summed E-state index contributed by atoms with van der Waals surface area (Å²) in [6.07, 6.45) is 3.77. The summed E-state index contributed by atoms with van der Waals surface area (Å²) in [6, 6.07) is 0.321. The number of hydrogen-bond donors (Lipinski definition) is 2. The highest BCUT2D eigenvalue weighted by Crippen LogP contribution is 2.27. The van der Waals surface area contributed by atoms with Crippen LogP contribution in [0.25, 0.3) is 0 Å². The Morgan fingerprint density at radius 1 is 1.67 bits per heavy atom. The molecule has 1 aliphatic rings. The van der Waals surface area contributed by atoms with Gasteiger partial charge in [-0.25, -0.2) is 4.68 Å². The van der Waals surface area contributed by atoms with Gasteiger partial charge in [0.15, 0.2) is 0 Å². The summed E-state index contributed by atoms with van der Waals surface area (Å²) in [6.45, 7) is 0.0944. The number of ether oxygens (including phenoxy) is 1. The monoisotopic (exact) mass is 317 g/mol. The average Bonchev–Trinajstić information content (AvgIpc) is 2.32. The van der Waals surface area contributed by atoms with Crippen molar-refractivity contribution in [2.24, 2.45) is 0 Å². The molecule has 0 atom stereocenters. The predicted molar refractivity (Wildman–Crippen MR) is 70.7 cm³/mol. The minimum absolute atomic E-state index is 0.107. The van der Waals surface area contributed by atoms with Crippen molar-refractivity contribution in [2.75, 3.05) is 19.0 Å². The number of hydrogen-bond acceptors (Lipinski definition) is 5. The van der Waals surface area contributed by atoms with Crippen LogP contribution in [0.15, 0.2) is 15.5 Å². The van der Waals surface area contributed by atoms with Crippen LogP contribution in [-0.2, 0) is 11.3 Å². The van der Waals surface area contributed by atoms with Gasteiger partial charge < -0.3 is 15.2 Å².